The molecule has 0 aliphatic carbocycles. The van der Waals surface area contributed by atoms with E-state index in [9.17, 15) is 9.18 Å². The molecule has 0 aliphatic heterocycles. The molecule has 1 aromatic carbocycles. The molecule has 0 aliphatic rings. The van der Waals surface area contributed by atoms with E-state index in [0.29, 0.717) is 17.8 Å². The highest BCUT2D eigenvalue weighted by molar-refractivity contribution is 7.13. The van der Waals surface area contributed by atoms with Gasteiger partial charge in [0.15, 0.2) is 5.65 Å². The van der Waals surface area contributed by atoms with Crippen LogP contribution < -0.4 is 5.32 Å². The fraction of sp³-hybridized carbons (Fsp3) is 0.261. The molecule has 3 aromatic heterocycles. The number of nitrogens with one attached hydrogen (secondary N) is 1. The zero-order chi connectivity index (χ0) is 22.1. The Bertz CT molecular complexity index is 1230. The van der Waals surface area contributed by atoms with Gasteiger partial charge in [0.2, 0.25) is 0 Å². The number of likely N-dealkylation sites (N-methyl/N-ethyl adjacent to an activating group) is 1. The lowest BCUT2D eigenvalue weighted by Gasteiger charge is -2.25. The Kier molecular flexibility index (Phi) is 5.84. The van der Waals surface area contributed by atoms with Crippen LogP contribution in [-0.4, -0.2) is 46.2 Å². The van der Waals surface area contributed by atoms with E-state index in [1.54, 1.807) is 22.1 Å². The molecule has 1 unspecified atom stereocenters. The van der Waals surface area contributed by atoms with Crippen LogP contribution in [0.25, 0.3) is 21.6 Å². The van der Waals surface area contributed by atoms with Crippen LogP contribution in [0, 0.1) is 12.7 Å². The summed E-state index contributed by atoms with van der Waals surface area (Å²) in [7, 11) is 5.65. The average Bonchev–Trinajstić information content (AvgIpc) is 3.36. The molecule has 31 heavy (non-hydrogen) atoms. The van der Waals surface area contributed by atoms with E-state index in [-0.39, 0.29) is 17.8 Å². The lowest BCUT2D eigenvalue weighted by molar-refractivity contribution is 0.0943. The molecule has 0 bridgehead atoms. The molecule has 4 rings (SSSR count). The number of halogens is 1. The third kappa shape index (κ3) is 4.22. The van der Waals surface area contributed by atoms with E-state index in [1.165, 1.54) is 12.1 Å². The van der Waals surface area contributed by atoms with Gasteiger partial charge in [-0.25, -0.2) is 9.37 Å². The van der Waals surface area contributed by atoms with Crippen molar-refractivity contribution in [1.82, 2.24) is 25.0 Å². The number of hydrogen-bond acceptors (Lipinski definition) is 5. The summed E-state index contributed by atoms with van der Waals surface area (Å²) in [5.41, 5.74) is 3.51. The number of nitrogens with zero attached hydrogens (tertiary/aromatic N) is 4. The lowest BCUT2D eigenvalue weighted by atomic mass is 10.0. The first-order valence-corrected chi connectivity index (χ1v) is 10.8. The Morgan fingerprint density at radius 2 is 2.06 bits per heavy atom. The predicted molar refractivity (Wildman–Crippen MR) is 122 cm³/mol. The molecule has 0 fully saturated rings. The fourth-order valence-corrected chi connectivity index (χ4v) is 4.46. The molecule has 0 radical (unpaired) electrons. The van der Waals surface area contributed by atoms with Crippen molar-refractivity contribution in [2.45, 2.75) is 13.0 Å². The number of carbonyl (C=O) groups is 1. The molecule has 0 saturated carbocycles. The minimum atomic E-state index is -0.293. The van der Waals surface area contributed by atoms with E-state index in [1.807, 2.05) is 62.6 Å². The molecule has 0 saturated heterocycles. The predicted octanol–water partition coefficient (Wildman–Crippen LogP) is 4.18. The Hall–Kier alpha value is -3.10. The SMILES string of the molecule is Cc1nn(C)c2nc(-c3cccs3)cc(C(=O)NCC(c3cccc(F)c3)N(C)C)c12. The molecule has 1 atom stereocenters. The van der Waals surface area contributed by atoms with Gasteiger partial charge in [-0.05, 0) is 56.2 Å². The molecular weight excluding hydrogens is 413 g/mol. The Labute approximate surface area is 184 Å². The van der Waals surface area contributed by atoms with E-state index in [0.717, 1.165) is 27.2 Å². The topological polar surface area (TPSA) is 63.1 Å². The van der Waals surface area contributed by atoms with Crippen molar-refractivity contribution in [2.75, 3.05) is 20.6 Å². The number of aryl methyl sites for hydroxylation is 2. The minimum absolute atomic E-state index is 0.163. The maximum atomic E-state index is 13.7. The lowest BCUT2D eigenvalue weighted by Crippen LogP contribution is -2.34. The second kappa shape index (κ2) is 8.56. The monoisotopic (exact) mass is 437 g/mol. The molecule has 8 heteroatoms. The summed E-state index contributed by atoms with van der Waals surface area (Å²) in [6.07, 6.45) is 0. The largest absolute Gasteiger partial charge is 0.350 e. The highest BCUT2D eigenvalue weighted by atomic mass is 32.1. The van der Waals surface area contributed by atoms with Gasteiger partial charge in [-0.1, -0.05) is 18.2 Å². The van der Waals surface area contributed by atoms with Crippen molar-refractivity contribution in [3.05, 3.63) is 70.5 Å². The molecule has 3 heterocycles. The normalized spacial score (nSPS) is 12.5. The van der Waals surface area contributed by atoms with Gasteiger partial charge in [0.05, 0.1) is 33.3 Å². The van der Waals surface area contributed by atoms with Gasteiger partial charge in [0.1, 0.15) is 5.82 Å². The maximum Gasteiger partial charge on any atom is 0.252 e. The van der Waals surface area contributed by atoms with Gasteiger partial charge in [-0.2, -0.15) is 5.10 Å². The van der Waals surface area contributed by atoms with Crippen LogP contribution in [0.4, 0.5) is 4.39 Å². The quantitative estimate of drug-likeness (QED) is 0.492. The highest BCUT2D eigenvalue weighted by Gasteiger charge is 2.21. The van der Waals surface area contributed by atoms with Crippen LogP contribution in [-0.2, 0) is 7.05 Å². The van der Waals surface area contributed by atoms with Gasteiger partial charge in [0, 0.05) is 13.6 Å². The molecule has 6 nitrogen and oxygen atoms in total. The van der Waals surface area contributed by atoms with Crippen LogP contribution in [0.5, 0.6) is 0 Å². The summed E-state index contributed by atoms with van der Waals surface area (Å²) in [6.45, 7) is 2.22. The summed E-state index contributed by atoms with van der Waals surface area (Å²) in [5.74, 6) is -0.498. The van der Waals surface area contributed by atoms with Gasteiger partial charge in [-0.3, -0.25) is 9.48 Å². The third-order valence-corrected chi connectivity index (χ3v) is 6.19. The van der Waals surface area contributed by atoms with Gasteiger partial charge in [-0.15, -0.1) is 11.3 Å². The summed E-state index contributed by atoms with van der Waals surface area (Å²) < 4.78 is 15.4. The summed E-state index contributed by atoms with van der Waals surface area (Å²) in [5, 5.41) is 10.2. The number of fused-ring (bicyclic) bond motifs is 1. The van der Waals surface area contributed by atoms with Crippen LogP contribution in [0.15, 0.2) is 47.8 Å². The fourth-order valence-electron chi connectivity index (χ4n) is 3.77. The van der Waals surface area contributed by atoms with Crippen molar-refractivity contribution in [3.8, 4) is 10.6 Å². The van der Waals surface area contributed by atoms with Crippen molar-refractivity contribution >= 4 is 28.3 Å². The number of thiophene rings is 1. The van der Waals surface area contributed by atoms with Gasteiger partial charge < -0.3 is 10.2 Å². The zero-order valence-corrected chi connectivity index (χ0v) is 18.7. The van der Waals surface area contributed by atoms with Crippen molar-refractivity contribution < 1.29 is 9.18 Å². The van der Waals surface area contributed by atoms with Crippen LogP contribution in [0.2, 0.25) is 0 Å². The molecule has 0 spiro atoms. The van der Waals surface area contributed by atoms with E-state index >= 15 is 0 Å². The van der Waals surface area contributed by atoms with E-state index in [2.05, 4.69) is 10.4 Å². The number of benzene rings is 1. The zero-order valence-electron chi connectivity index (χ0n) is 17.9. The first-order chi connectivity index (χ1) is 14.8. The average molecular weight is 438 g/mol. The summed E-state index contributed by atoms with van der Waals surface area (Å²) in [4.78, 5) is 21.0. The van der Waals surface area contributed by atoms with Crippen molar-refractivity contribution in [2.24, 2.45) is 7.05 Å². The Morgan fingerprint density at radius 1 is 1.26 bits per heavy atom. The summed E-state index contributed by atoms with van der Waals surface area (Å²) >= 11 is 1.57. The Balaban J connectivity index is 1.68. The molecule has 1 amide bonds. The van der Waals surface area contributed by atoms with E-state index in [4.69, 9.17) is 4.98 Å². The minimum Gasteiger partial charge on any atom is -0.350 e. The smallest absolute Gasteiger partial charge is 0.252 e. The maximum absolute atomic E-state index is 13.7. The standard InChI is InChI=1S/C23H24FN5OS/c1-14-21-17(12-18(20-9-6-10-31-20)26-22(21)29(4)27-14)23(30)25-13-19(28(2)3)15-7-5-8-16(24)11-15/h5-12,19H,13H2,1-4H3,(H,25,30). The van der Waals surface area contributed by atoms with Crippen LogP contribution >= 0.6 is 11.3 Å². The first-order valence-electron chi connectivity index (χ1n) is 9.93. The third-order valence-electron chi connectivity index (χ3n) is 5.30. The summed E-state index contributed by atoms with van der Waals surface area (Å²) in [6, 6.07) is 12.1. The second-order valence-corrected chi connectivity index (χ2v) is 8.63. The molecule has 160 valence electrons. The van der Waals surface area contributed by atoms with Crippen LogP contribution in [0.1, 0.15) is 27.7 Å². The number of amides is 1. The highest BCUT2D eigenvalue weighted by Crippen LogP contribution is 2.29. The van der Waals surface area contributed by atoms with Crippen LogP contribution in [0.3, 0.4) is 0 Å². The van der Waals surface area contributed by atoms with Crippen molar-refractivity contribution in [3.63, 3.8) is 0 Å². The van der Waals surface area contributed by atoms with Crippen molar-refractivity contribution in [1.29, 1.82) is 0 Å². The van der Waals surface area contributed by atoms with E-state index < -0.39 is 0 Å². The second-order valence-electron chi connectivity index (χ2n) is 7.68. The molecular formula is C23H24FN5OS. The van der Waals surface area contributed by atoms with Gasteiger partial charge >= 0.3 is 0 Å². The number of aromatic nitrogens is 3. The number of carbonyl (C=O) groups excluding carboxylic acids is 1. The number of hydrogen-bond donors (Lipinski definition) is 1. The molecule has 4 aromatic rings. The molecule has 1 N–H and O–H groups in total. The first kappa shape index (κ1) is 21.1. The number of rotatable bonds is 6. The van der Waals surface area contributed by atoms with Gasteiger partial charge in [0.25, 0.3) is 5.91 Å². The number of pyridine rings is 1. The Morgan fingerprint density at radius 3 is 2.74 bits per heavy atom.